The van der Waals surface area contributed by atoms with Crippen molar-refractivity contribution in [1.82, 2.24) is 5.32 Å². The van der Waals surface area contributed by atoms with E-state index in [2.05, 4.69) is 5.32 Å². The number of unbranched alkanes of at least 4 members (excludes halogenated alkanes) is 3. The number of carboxylic acids is 1. The molecular formula is C22H37NO4S. The van der Waals surface area contributed by atoms with E-state index in [0.29, 0.717) is 42.2 Å². The largest absolute Gasteiger partial charge is 0.481 e. The molecule has 5 nitrogen and oxygen atoms in total. The third-order valence-corrected chi connectivity index (χ3v) is 7.22. The summed E-state index contributed by atoms with van der Waals surface area (Å²) in [5.41, 5.74) is 0. The second kappa shape index (κ2) is 11.3. The summed E-state index contributed by atoms with van der Waals surface area (Å²) < 4.78 is 12.0. The first kappa shape index (κ1) is 21.8. The molecule has 2 aliphatic heterocycles. The number of hydrogen-bond donors (Lipinski definition) is 2. The summed E-state index contributed by atoms with van der Waals surface area (Å²) in [6.45, 7) is 1.64. The molecule has 0 amide bonds. The minimum atomic E-state index is -0.683. The highest BCUT2D eigenvalue weighted by Gasteiger charge is 2.47. The van der Waals surface area contributed by atoms with Crippen molar-refractivity contribution in [2.75, 3.05) is 13.2 Å². The molecule has 2 saturated heterocycles. The van der Waals surface area contributed by atoms with Gasteiger partial charge < -0.3 is 19.9 Å². The molecule has 0 spiro atoms. The van der Waals surface area contributed by atoms with Crippen LogP contribution < -0.4 is 5.32 Å². The smallest absolute Gasteiger partial charge is 0.303 e. The monoisotopic (exact) mass is 411 g/mol. The normalized spacial score (nSPS) is 29.3. The lowest BCUT2D eigenvalue weighted by atomic mass is 9.75. The second-order valence-corrected chi connectivity index (χ2v) is 9.29. The van der Waals surface area contributed by atoms with Crippen LogP contribution in [-0.2, 0) is 14.3 Å². The molecule has 28 heavy (non-hydrogen) atoms. The Bertz CT molecular complexity index is 509. The Morgan fingerprint density at radius 3 is 2.39 bits per heavy atom. The van der Waals surface area contributed by atoms with Gasteiger partial charge in [-0.1, -0.05) is 32.1 Å². The van der Waals surface area contributed by atoms with Gasteiger partial charge in [0.2, 0.25) is 0 Å². The summed E-state index contributed by atoms with van der Waals surface area (Å²) >= 11 is 5.35. The summed E-state index contributed by atoms with van der Waals surface area (Å²) in [4.78, 5) is 10.6. The molecule has 3 rings (SSSR count). The van der Waals surface area contributed by atoms with Gasteiger partial charge in [0, 0.05) is 13.0 Å². The molecule has 4 unspecified atom stereocenters. The van der Waals surface area contributed by atoms with Crippen LogP contribution in [0, 0.1) is 17.8 Å². The maximum absolute atomic E-state index is 10.6. The van der Waals surface area contributed by atoms with Crippen molar-refractivity contribution in [3.63, 3.8) is 0 Å². The highest BCUT2D eigenvalue weighted by Crippen LogP contribution is 2.47. The van der Waals surface area contributed by atoms with E-state index in [0.717, 1.165) is 38.1 Å². The van der Waals surface area contributed by atoms with Crippen LogP contribution in [0.4, 0.5) is 0 Å². The summed E-state index contributed by atoms with van der Waals surface area (Å²) in [7, 11) is 0. The van der Waals surface area contributed by atoms with Gasteiger partial charge in [0.1, 0.15) is 0 Å². The Morgan fingerprint density at radius 2 is 1.68 bits per heavy atom. The third kappa shape index (κ3) is 6.58. The van der Waals surface area contributed by atoms with Gasteiger partial charge in [-0.2, -0.15) is 0 Å². The number of nitrogens with one attached hydrogen (secondary N) is 1. The summed E-state index contributed by atoms with van der Waals surface area (Å²) in [5, 5.41) is 12.6. The molecule has 1 aliphatic carbocycles. The Hall–Kier alpha value is -0.880. The molecule has 0 aromatic heterocycles. The second-order valence-electron chi connectivity index (χ2n) is 8.92. The number of rotatable bonds is 12. The number of carboxylic acid groups (broad SMARTS) is 1. The van der Waals surface area contributed by atoms with Crippen molar-refractivity contribution in [3.8, 4) is 0 Å². The molecule has 0 aromatic carbocycles. The van der Waals surface area contributed by atoms with Gasteiger partial charge >= 0.3 is 5.97 Å². The summed E-state index contributed by atoms with van der Waals surface area (Å²) in [5.74, 6) is 1.31. The lowest BCUT2D eigenvalue weighted by Crippen LogP contribution is -2.31. The zero-order chi connectivity index (χ0) is 19.8. The van der Waals surface area contributed by atoms with Crippen LogP contribution in [-0.4, -0.2) is 41.6 Å². The molecule has 6 heteroatoms. The first-order valence-electron chi connectivity index (χ1n) is 11.4. The maximum atomic E-state index is 10.6. The van der Waals surface area contributed by atoms with E-state index in [1.165, 1.54) is 51.4 Å². The van der Waals surface area contributed by atoms with Crippen LogP contribution in [0.1, 0.15) is 83.5 Å². The summed E-state index contributed by atoms with van der Waals surface area (Å²) in [6.07, 6.45) is 15.2. The van der Waals surface area contributed by atoms with Crippen molar-refractivity contribution in [2.45, 2.75) is 95.7 Å². The first-order valence-corrected chi connectivity index (χ1v) is 11.8. The van der Waals surface area contributed by atoms with Gasteiger partial charge in [-0.05, 0) is 74.9 Å². The minimum Gasteiger partial charge on any atom is -0.481 e. The Morgan fingerprint density at radius 1 is 1.00 bits per heavy atom. The van der Waals surface area contributed by atoms with E-state index >= 15 is 0 Å². The van der Waals surface area contributed by atoms with Crippen LogP contribution in [0.3, 0.4) is 0 Å². The number of fused-ring (bicyclic) bond motifs is 2. The van der Waals surface area contributed by atoms with Gasteiger partial charge in [-0.25, -0.2) is 0 Å². The average Bonchev–Trinajstić information content (AvgIpc) is 3.41. The standard InChI is InChI=1S/C22H37NO4S/c24-21(25)10-4-2-1-3-9-17-18(20-12-11-19(17)27-20)13-14-26-22(28)23-15-16-7-5-6-8-16/h16-20H,1-15H2,(H,23,28)(H,24,25). The quantitative estimate of drug-likeness (QED) is 0.359. The van der Waals surface area contributed by atoms with Crippen LogP contribution in [0.25, 0.3) is 0 Å². The molecule has 0 radical (unpaired) electrons. The van der Waals surface area contributed by atoms with Crippen molar-refractivity contribution in [3.05, 3.63) is 0 Å². The minimum absolute atomic E-state index is 0.298. The Labute approximate surface area is 174 Å². The van der Waals surface area contributed by atoms with Crippen molar-refractivity contribution in [2.24, 2.45) is 17.8 Å². The van der Waals surface area contributed by atoms with Gasteiger partial charge in [0.25, 0.3) is 5.17 Å². The van der Waals surface area contributed by atoms with Crippen LogP contribution in [0.15, 0.2) is 0 Å². The van der Waals surface area contributed by atoms with Crippen molar-refractivity contribution >= 4 is 23.4 Å². The average molecular weight is 412 g/mol. The lowest BCUT2D eigenvalue weighted by molar-refractivity contribution is -0.137. The SMILES string of the molecule is O=C(O)CCCCCCC1C2CCC(O2)C1CCOC(=S)NCC1CCCC1. The van der Waals surface area contributed by atoms with E-state index in [4.69, 9.17) is 26.8 Å². The highest BCUT2D eigenvalue weighted by molar-refractivity contribution is 7.80. The molecule has 2 bridgehead atoms. The van der Waals surface area contributed by atoms with Gasteiger partial charge in [0.15, 0.2) is 0 Å². The maximum Gasteiger partial charge on any atom is 0.303 e. The zero-order valence-corrected chi connectivity index (χ0v) is 17.9. The Balaban J connectivity index is 1.30. The molecule has 3 fully saturated rings. The molecule has 2 N–H and O–H groups in total. The lowest BCUT2D eigenvalue weighted by Gasteiger charge is -2.28. The van der Waals surface area contributed by atoms with E-state index < -0.39 is 5.97 Å². The number of ether oxygens (including phenoxy) is 2. The summed E-state index contributed by atoms with van der Waals surface area (Å²) in [6, 6.07) is 0. The van der Waals surface area contributed by atoms with Gasteiger partial charge in [0.05, 0.1) is 18.8 Å². The fourth-order valence-corrected chi connectivity index (χ4v) is 5.63. The van der Waals surface area contributed by atoms with E-state index in [1.54, 1.807) is 0 Å². The number of hydrogen-bond acceptors (Lipinski definition) is 4. The Kier molecular flexibility index (Phi) is 8.84. The van der Waals surface area contributed by atoms with E-state index in [9.17, 15) is 4.79 Å². The molecule has 4 atom stereocenters. The van der Waals surface area contributed by atoms with Gasteiger partial charge in [-0.15, -0.1) is 0 Å². The van der Waals surface area contributed by atoms with Gasteiger partial charge in [-0.3, -0.25) is 4.79 Å². The molecule has 160 valence electrons. The zero-order valence-electron chi connectivity index (χ0n) is 17.1. The molecule has 2 heterocycles. The van der Waals surface area contributed by atoms with E-state index in [-0.39, 0.29) is 0 Å². The number of carbonyl (C=O) groups is 1. The van der Waals surface area contributed by atoms with Crippen LogP contribution >= 0.6 is 12.2 Å². The highest BCUT2D eigenvalue weighted by atomic mass is 32.1. The molecule has 1 saturated carbocycles. The predicted molar refractivity (Wildman–Crippen MR) is 113 cm³/mol. The molecule has 0 aromatic rings. The topological polar surface area (TPSA) is 67.8 Å². The molecular weight excluding hydrogens is 374 g/mol. The fraction of sp³-hybridized carbons (Fsp3) is 0.909. The fourth-order valence-electron chi connectivity index (χ4n) is 5.46. The third-order valence-electron chi connectivity index (χ3n) is 6.96. The number of thiocarbonyl (C=S) groups is 1. The van der Waals surface area contributed by atoms with Crippen molar-refractivity contribution < 1.29 is 19.4 Å². The van der Waals surface area contributed by atoms with Crippen LogP contribution in [0.5, 0.6) is 0 Å². The molecule has 3 aliphatic rings. The predicted octanol–water partition coefficient (Wildman–Crippen LogP) is 4.68. The van der Waals surface area contributed by atoms with E-state index in [1.807, 2.05) is 0 Å². The number of aliphatic carboxylic acids is 1. The first-order chi connectivity index (χ1) is 13.6. The van der Waals surface area contributed by atoms with Crippen molar-refractivity contribution in [1.29, 1.82) is 0 Å². The van der Waals surface area contributed by atoms with Crippen LogP contribution in [0.2, 0.25) is 0 Å².